The lowest BCUT2D eigenvalue weighted by Crippen LogP contribution is -2.51. The van der Waals surface area contributed by atoms with Gasteiger partial charge in [0.05, 0.1) is 19.6 Å². The monoisotopic (exact) mass is 251 g/mol. The van der Waals surface area contributed by atoms with Crippen LogP contribution in [0.3, 0.4) is 0 Å². The van der Waals surface area contributed by atoms with Gasteiger partial charge >= 0.3 is 0 Å². The summed E-state index contributed by atoms with van der Waals surface area (Å²) < 4.78 is 1.74. The van der Waals surface area contributed by atoms with Crippen molar-refractivity contribution in [2.75, 3.05) is 13.1 Å². The van der Waals surface area contributed by atoms with E-state index in [0.717, 1.165) is 6.54 Å². The van der Waals surface area contributed by atoms with Crippen LogP contribution in [0, 0.1) is 5.92 Å². The first-order valence-electron chi connectivity index (χ1n) is 5.98. The van der Waals surface area contributed by atoms with E-state index in [2.05, 4.69) is 29.2 Å². The third kappa shape index (κ3) is 2.73. The summed E-state index contributed by atoms with van der Waals surface area (Å²) in [7, 11) is 0. The van der Waals surface area contributed by atoms with E-state index in [4.69, 9.17) is 0 Å². The third-order valence-corrected chi connectivity index (χ3v) is 2.69. The van der Waals surface area contributed by atoms with Crippen molar-refractivity contribution in [2.24, 2.45) is 5.92 Å². The molecule has 0 aromatic carbocycles. The van der Waals surface area contributed by atoms with Crippen molar-refractivity contribution >= 4 is 11.8 Å². The molecule has 0 saturated carbocycles. The minimum Gasteiger partial charge on any atom is -0.300 e. The molecule has 1 fully saturated rings. The molecule has 0 aliphatic carbocycles. The van der Waals surface area contributed by atoms with Crippen molar-refractivity contribution in [3.63, 3.8) is 0 Å². The molecule has 2 heterocycles. The SMILES string of the molecule is CC(C)Cn1ncnc1CN1C(=O)CNCC1=O. The maximum atomic E-state index is 11.6. The van der Waals surface area contributed by atoms with Gasteiger partial charge in [-0.2, -0.15) is 5.10 Å². The van der Waals surface area contributed by atoms with Gasteiger partial charge in [0, 0.05) is 6.54 Å². The Morgan fingerprint density at radius 1 is 1.33 bits per heavy atom. The Kier molecular flexibility index (Phi) is 3.71. The molecule has 7 heteroatoms. The molecular weight excluding hydrogens is 234 g/mol. The molecule has 0 atom stereocenters. The molecular formula is C11H17N5O2. The smallest absolute Gasteiger partial charge is 0.243 e. The summed E-state index contributed by atoms with van der Waals surface area (Å²) in [5.41, 5.74) is 0. The van der Waals surface area contributed by atoms with Gasteiger partial charge in [0.1, 0.15) is 12.2 Å². The second-order valence-electron chi connectivity index (χ2n) is 4.73. The maximum absolute atomic E-state index is 11.6. The summed E-state index contributed by atoms with van der Waals surface area (Å²) in [4.78, 5) is 28.7. The second-order valence-corrected chi connectivity index (χ2v) is 4.73. The van der Waals surface area contributed by atoms with Crippen LogP contribution in [0.2, 0.25) is 0 Å². The maximum Gasteiger partial charge on any atom is 0.243 e. The predicted molar refractivity (Wildman–Crippen MR) is 63.3 cm³/mol. The van der Waals surface area contributed by atoms with Crippen molar-refractivity contribution in [3.8, 4) is 0 Å². The molecule has 2 rings (SSSR count). The molecule has 0 bridgehead atoms. The topological polar surface area (TPSA) is 80.1 Å². The highest BCUT2D eigenvalue weighted by atomic mass is 16.2. The van der Waals surface area contributed by atoms with Crippen LogP contribution in [-0.2, 0) is 22.7 Å². The van der Waals surface area contributed by atoms with Gasteiger partial charge in [-0.05, 0) is 5.92 Å². The molecule has 0 spiro atoms. The Bertz CT molecular complexity index is 438. The van der Waals surface area contributed by atoms with E-state index in [0.29, 0.717) is 11.7 Å². The zero-order chi connectivity index (χ0) is 13.1. The Hall–Kier alpha value is -1.76. The Balaban J connectivity index is 2.10. The van der Waals surface area contributed by atoms with E-state index in [-0.39, 0.29) is 31.4 Å². The van der Waals surface area contributed by atoms with Crippen molar-refractivity contribution in [1.29, 1.82) is 0 Å². The van der Waals surface area contributed by atoms with E-state index in [1.807, 2.05) is 0 Å². The van der Waals surface area contributed by atoms with Gasteiger partial charge in [-0.15, -0.1) is 0 Å². The Morgan fingerprint density at radius 3 is 2.61 bits per heavy atom. The normalized spacial score (nSPS) is 16.7. The van der Waals surface area contributed by atoms with E-state index in [1.165, 1.54) is 11.2 Å². The number of amides is 2. The van der Waals surface area contributed by atoms with Gasteiger partial charge in [0.15, 0.2) is 0 Å². The number of carbonyl (C=O) groups excluding carboxylic acids is 2. The average Bonchev–Trinajstić information content (AvgIpc) is 2.70. The van der Waals surface area contributed by atoms with E-state index in [1.54, 1.807) is 4.68 Å². The number of hydrogen-bond acceptors (Lipinski definition) is 5. The summed E-state index contributed by atoms with van der Waals surface area (Å²) >= 11 is 0. The zero-order valence-electron chi connectivity index (χ0n) is 10.6. The fourth-order valence-corrected chi connectivity index (χ4v) is 1.83. The molecule has 0 radical (unpaired) electrons. The number of nitrogens with zero attached hydrogens (tertiary/aromatic N) is 4. The standard InChI is InChI=1S/C11H17N5O2/c1-8(2)5-16-9(13-7-14-16)6-15-10(17)3-12-4-11(15)18/h7-8,12H,3-6H2,1-2H3. The molecule has 1 N–H and O–H groups in total. The fraction of sp³-hybridized carbons (Fsp3) is 0.636. The van der Waals surface area contributed by atoms with Crippen LogP contribution < -0.4 is 5.32 Å². The number of rotatable bonds is 4. The number of nitrogens with one attached hydrogen (secondary N) is 1. The van der Waals surface area contributed by atoms with Gasteiger partial charge < -0.3 is 0 Å². The van der Waals surface area contributed by atoms with E-state index < -0.39 is 0 Å². The van der Waals surface area contributed by atoms with Gasteiger partial charge in [-0.3, -0.25) is 19.8 Å². The largest absolute Gasteiger partial charge is 0.300 e. The highest BCUT2D eigenvalue weighted by Crippen LogP contribution is 2.07. The first-order chi connectivity index (χ1) is 8.58. The highest BCUT2D eigenvalue weighted by Gasteiger charge is 2.27. The molecule has 1 aliphatic rings. The molecule has 18 heavy (non-hydrogen) atoms. The van der Waals surface area contributed by atoms with Crippen LogP contribution in [0.1, 0.15) is 19.7 Å². The fourth-order valence-electron chi connectivity index (χ4n) is 1.83. The first-order valence-corrected chi connectivity index (χ1v) is 5.98. The predicted octanol–water partition coefficient (Wildman–Crippen LogP) is -0.607. The van der Waals surface area contributed by atoms with Crippen molar-refractivity contribution in [2.45, 2.75) is 26.9 Å². The molecule has 1 aromatic rings. The molecule has 7 nitrogen and oxygen atoms in total. The number of aromatic nitrogens is 3. The van der Waals surface area contributed by atoms with Crippen molar-refractivity contribution in [3.05, 3.63) is 12.2 Å². The molecule has 2 amide bonds. The number of imide groups is 1. The van der Waals surface area contributed by atoms with Crippen molar-refractivity contribution < 1.29 is 9.59 Å². The minimum absolute atomic E-state index is 0.198. The quantitative estimate of drug-likeness (QED) is 0.722. The molecule has 1 aromatic heterocycles. The zero-order valence-corrected chi connectivity index (χ0v) is 10.6. The van der Waals surface area contributed by atoms with Crippen LogP contribution >= 0.6 is 0 Å². The first kappa shape index (κ1) is 12.7. The number of carbonyl (C=O) groups is 2. The average molecular weight is 251 g/mol. The van der Waals surface area contributed by atoms with Crippen LogP contribution in [0.4, 0.5) is 0 Å². The lowest BCUT2D eigenvalue weighted by molar-refractivity contribution is -0.147. The van der Waals surface area contributed by atoms with Crippen LogP contribution in [0.15, 0.2) is 6.33 Å². The molecule has 1 aliphatic heterocycles. The van der Waals surface area contributed by atoms with Gasteiger partial charge in [-0.1, -0.05) is 13.8 Å². The van der Waals surface area contributed by atoms with Gasteiger partial charge in [-0.25, -0.2) is 9.67 Å². The lowest BCUT2D eigenvalue weighted by Gasteiger charge is -2.25. The van der Waals surface area contributed by atoms with Crippen molar-refractivity contribution in [1.82, 2.24) is 25.0 Å². The Morgan fingerprint density at radius 2 is 2.00 bits per heavy atom. The lowest BCUT2D eigenvalue weighted by atomic mass is 10.2. The summed E-state index contributed by atoms with van der Waals surface area (Å²) in [6.07, 6.45) is 1.45. The van der Waals surface area contributed by atoms with Crippen LogP contribution in [0.25, 0.3) is 0 Å². The summed E-state index contributed by atoms with van der Waals surface area (Å²) in [5.74, 6) is 0.642. The molecule has 98 valence electrons. The minimum atomic E-state index is -0.217. The number of piperazine rings is 1. The Labute approximate surface area is 105 Å². The highest BCUT2D eigenvalue weighted by molar-refractivity contribution is 5.99. The summed E-state index contributed by atoms with van der Waals surface area (Å²) in [5, 5.41) is 6.87. The van der Waals surface area contributed by atoms with Crippen LogP contribution in [-0.4, -0.2) is 44.6 Å². The second kappa shape index (κ2) is 5.26. The van der Waals surface area contributed by atoms with E-state index >= 15 is 0 Å². The van der Waals surface area contributed by atoms with Gasteiger partial charge in [0.2, 0.25) is 11.8 Å². The third-order valence-electron chi connectivity index (χ3n) is 2.69. The summed E-state index contributed by atoms with van der Waals surface area (Å²) in [6.45, 7) is 5.48. The molecule has 1 saturated heterocycles. The number of hydrogen-bond donors (Lipinski definition) is 1. The summed E-state index contributed by atoms with van der Waals surface area (Å²) in [6, 6.07) is 0. The van der Waals surface area contributed by atoms with Gasteiger partial charge in [0.25, 0.3) is 0 Å². The molecule has 0 unspecified atom stereocenters. The van der Waals surface area contributed by atoms with Crippen LogP contribution in [0.5, 0.6) is 0 Å². The van der Waals surface area contributed by atoms with E-state index in [9.17, 15) is 9.59 Å².